The molecule has 0 amide bonds. The second-order valence-electron chi connectivity index (χ2n) is 4.06. The van der Waals surface area contributed by atoms with Crippen molar-refractivity contribution in [2.24, 2.45) is 5.92 Å². The van der Waals surface area contributed by atoms with Gasteiger partial charge in [-0.15, -0.1) is 0 Å². The Labute approximate surface area is 123 Å². The molecule has 0 aromatic carbocycles. The first kappa shape index (κ1) is 14.8. The summed E-state index contributed by atoms with van der Waals surface area (Å²) in [5.41, 5.74) is -0.0263. The van der Waals surface area contributed by atoms with E-state index in [0.29, 0.717) is 0 Å². The lowest BCUT2D eigenvalue weighted by atomic mass is 10.4. The largest absolute Gasteiger partial charge is 0.461 e. The van der Waals surface area contributed by atoms with Gasteiger partial charge in [0.2, 0.25) is 0 Å². The molecule has 1 saturated carbocycles. The van der Waals surface area contributed by atoms with Gasteiger partial charge in [-0.05, 0) is 45.2 Å². The van der Waals surface area contributed by atoms with Crippen LogP contribution in [0.3, 0.4) is 0 Å². The second-order valence-corrected chi connectivity index (χ2v) is 5.52. The molecule has 1 aliphatic rings. The van der Waals surface area contributed by atoms with Crippen LogP contribution in [-0.2, 0) is 4.74 Å². The number of hydrogen-bond acceptors (Lipinski definition) is 3. The fourth-order valence-corrected chi connectivity index (χ4v) is 3.35. The predicted octanol–water partition coefficient (Wildman–Crippen LogP) is 3.71. The van der Waals surface area contributed by atoms with E-state index in [1.165, 1.54) is 4.57 Å². The van der Waals surface area contributed by atoms with Crippen molar-refractivity contribution in [3.8, 4) is 0 Å². The number of esters is 1. The van der Waals surface area contributed by atoms with Crippen LogP contribution in [0.5, 0.6) is 0 Å². The molecular weight excluding hydrogens is 397 g/mol. The van der Waals surface area contributed by atoms with E-state index in [2.05, 4.69) is 36.8 Å². The van der Waals surface area contributed by atoms with Gasteiger partial charge in [0.1, 0.15) is 4.60 Å². The number of carbonyl (C=O) groups is 1. The molecule has 19 heavy (non-hydrogen) atoms. The van der Waals surface area contributed by atoms with E-state index in [4.69, 9.17) is 4.74 Å². The normalized spacial score (nSPS) is 22.4. The monoisotopic (exact) mass is 404 g/mol. The van der Waals surface area contributed by atoms with E-state index in [9.17, 15) is 18.0 Å². The Morgan fingerprint density at radius 3 is 2.63 bits per heavy atom. The van der Waals surface area contributed by atoms with E-state index < -0.39 is 24.1 Å². The zero-order valence-electron chi connectivity index (χ0n) is 9.67. The minimum Gasteiger partial charge on any atom is -0.461 e. The van der Waals surface area contributed by atoms with E-state index in [1.54, 1.807) is 6.92 Å². The Bertz CT molecular complexity index is 516. The Morgan fingerprint density at radius 2 is 2.16 bits per heavy atom. The summed E-state index contributed by atoms with van der Waals surface area (Å²) in [6.45, 7) is 1.81. The van der Waals surface area contributed by atoms with Crippen molar-refractivity contribution >= 4 is 37.8 Å². The standard InChI is InChI=1S/C10H9Br2F3N2O2/c1-2-19-8(18)6-7(11)17(9(12)16-6)5-3-4(5)10(13,14)15/h4-5H,2-3H2,1H3/t4?,5-/m0/s1. The molecule has 1 aromatic rings. The van der Waals surface area contributed by atoms with Gasteiger partial charge in [-0.25, -0.2) is 9.78 Å². The third kappa shape index (κ3) is 2.81. The van der Waals surface area contributed by atoms with E-state index >= 15 is 0 Å². The lowest BCUT2D eigenvalue weighted by Gasteiger charge is -2.08. The van der Waals surface area contributed by atoms with Crippen LogP contribution in [-0.4, -0.2) is 28.3 Å². The first-order valence-corrected chi connectivity index (χ1v) is 7.03. The minimum atomic E-state index is -4.24. The number of halogens is 5. The van der Waals surface area contributed by atoms with Gasteiger partial charge in [-0.3, -0.25) is 0 Å². The van der Waals surface area contributed by atoms with Gasteiger partial charge in [-0.1, -0.05) is 0 Å². The molecule has 2 atom stereocenters. The highest BCUT2D eigenvalue weighted by molar-refractivity contribution is 9.11. The van der Waals surface area contributed by atoms with Crippen molar-refractivity contribution in [2.75, 3.05) is 6.61 Å². The van der Waals surface area contributed by atoms with E-state index in [0.717, 1.165) is 0 Å². The van der Waals surface area contributed by atoms with Crippen LogP contribution in [0, 0.1) is 5.92 Å². The molecule has 0 aliphatic heterocycles. The highest BCUT2D eigenvalue weighted by Crippen LogP contribution is 2.55. The number of ether oxygens (including phenoxy) is 1. The molecule has 0 spiro atoms. The first-order chi connectivity index (χ1) is 8.77. The molecule has 2 rings (SSSR count). The van der Waals surface area contributed by atoms with Gasteiger partial charge in [0, 0.05) is 6.04 Å². The molecule has 0 saturated heterocycles. The Morgan fingerprint density at radius 1 is 1.53 bits per heavy atom. The highest BCUT2D eigenvalue weighted by atomic mass is 79.9. The molecule has 9 heteroatoms. The number of imidazole rings is 1. The molecule has 1 unspecified atom stereocenters. The Hall–Kier alpha value is -0.570. The number of aromatic nitrogens is 2. The van der Waals surface area contributed by atoms with Crippen molar-refractivity contribution in [3.63, 3.8) is 0 Å². The smallest absolute Gasteiger partial charge is 0.393 e. The maximum Gasteiger partial charge on any atom is 0.393 e. The zero-order chi connectivity index (χ0) is 14.4. The van der Waals surface area contributed by atoms with Crippen LogP contribution in [0.2, 0.25) is 0 Å². The van der Waals surface area contributed by atoms with Gasteiger partial charge in [0.15, 0.2) is 10.4 Å². The van der Waals surface area contributed by atoms with Crippen LogP contribution in [0.1, 0.15) is 29.9 Å². The summed E-state index contributed by atoms with van der Waals surface area (Å²) >= 11 is 6.18. The molecule has 4 nitrogen and oxygen atoms in total. The Kier molecular flexibility index (Phi) is 3.97. The van der Waals surface area contributed by atoms with Gasteiger partial charge >= 0.3 is 12.1 Å². The second kappa shape index (κ2) is 5.08. The van der Waals surface area contributed by atoms with Crippen molar-refractivity contribution in [1.82, 2.24) is 9.55 Å². The first-order valence-electron chi connectivity index (χ1n) is 5.44. The van der Waals surface area contributed by atoms with Crippen LogP contribution in [0.4, 0.5) is 13.2 Å². The molecule has 0 radical (unpaired) electrons. The maximum absolute atomic E-state index is 12.6. The summed E-state index contributed by atoms with van der Waals surface area (Å²) in [4.78, 5) is 15.5. The summed E-state index contributed by atoms with van der Waals surface area (Å²) in [7, 11) is 0. The fraction of sp³-hybridized carbons (Fsp3) is 0.600. The lowest BCUT2D eigenvalue weighted by Crippen LogP contribution is -2.14. The number of rotatable bonds is 3. The highest BCUT2D eigenvalue weighted by Gasteiger charge is 2.57. The summed E-state index contributed by atoms with van der Waals surface area (Å²) < 4.78 is 44.2. The third-order valence-electron chi connectivity index (χ3n) is 2.79. The van der Waals surface area contributed by atoms with Crippen LogP contribution in [0.15, 0.2) is 9.34 Å². The number of carbonyl (C=O) groups excluding carboxylic acids is 1. The van der Waals surface area contributed by atoms with Crippen molar-refractivity contribution < 1.29 is 22.7 Å². The SMILES string of the molecule is CCOC(=O)c1nc(Br)n([C@H]2CC2C(F)(F)F)c1Br. The molecule has 1 heterocycles. The lowest BCUT2D eigenvalue weighted by molar-refractivity contribution is -0.150. The van der Waals surface area contributed by atoms with Gasteiger partial charge in [0.25, 0.3) is 0 Å². The molecule has 0 bridgehead atoms. The van der Waals surface area contributed by atoms with E-state index in [-0.39, 0.29) is 28.1 Å². The average Bonchev–Trinajstić information content (AvgIpc) is 3.01. The number of alkyl halides is 3. The van der Waals surface area contributed by atoms with Gasteiger partial charge < -0.3 is 9.30 Å². The molecular formula is C10H9Br2F3N2O2. The molecule has 106 valence electrons. The topological polar surface area (TPSA) is 44.1 Å². The summed E-state index contributed by atoms with van der Waals surface area (Å²) in [5.74, 6) is -2.07. The van der Waals surface area contributed by atoms with Crippen LogP contribution < -0.4 is 0 Å². The minimum absolute atomic E-state index is 0.0146. The van der Waals surface area contributed by atoms with Gasteiger partial charge in [0.05, 0.1) is 12.5 Å². The van der Waals surface area contributed by atoms with Gasteiger partial charge in [-0.2, -0.15) is 13.2 Å². The van der Waals surface area contributed by atoms with Crippen LogP contribution >= 0.6 is 31.9 Å². The summed E-state index contributed by atoms with van der Waals surface area (Å²) in [6.07, 6.45) is -4.25. The van der Waals surface area contributed by atoms with E-state index in [1.807, 2.05) is 0 Å². The number of hydrogen-bond donors (Lipinski definition) is 0. The average molecular weight is 406 g/mol. The van der Waals surface area contributed by atoms with Crippen LogP contribution in [0.25, 0.3) is 0 Å². The quantitative estimate of drug-likeness (QED) is 0.720. The van der Waals surface area contributed by atoms with Crippen molar-refractivity contribution in [2.45, 2.75) is 25.6 Å². The summed E-state index contributed by atoms with van der Waals surface area (Å²) in [5, 5.41) is 0. The third-order valence-corrected chi connectivity index (χ3v) is 4.10. The van der Waals surface area contributed by atoms with Crippen molar-refractivity contribution in [1.29, 1.82) is 0 Å². The number of nitrogens with zero attached hydrogens (tertiary/aromatic N) is 2. The molecule has 1 aliphatic carbocycles. The fourth-order valence-electron chi connectivity index (χ4n) is 1.82. The molecule has 1 fully saturated rings. The zero-order valence-corrected chi connectivity index (χ0v) is 12.8. The molecule has 0 N–H and O–H groups in total. The summed E-state index contributed by atoms with van der Waals surface area (Å²) in [6, 6.07) is -0.737. The van der Waals surface area contributed by atoms with Crippen molar-refractivity contribution in [3.05, 3.63) is 15.0 Å². The maximum atomic E-state index is 12.6. The predicted molar refractivity (Wildman–Crippen MR) is 66.8 cm³/mol. The molecule has 1 aromatic heterocycles. The Balaban J connectivity index is 2.27.